The van der Waals surface area contributed by atoms with Gasteiger partial charge < -0.3 is 34.3 Å². The number of carbonyl (C=O) groups excluding carboxylic acids is 4. The molecule has 1 aliphatic carbocycles. The van der Waals surface area contributed by atoms with Crippen LogP contribution in [0.25, 0.3) is 21.5 Å². The average Bonchev–Trinajstić information content (AvgIpc) is 3.84. The molecule has 3 aromatic carbocycles. The van der Waals surface area contributed by atoms with Crippen LogP contribution in [0.1, 0.15) is 139 Å². The number of hydrazone groups is 1. The van der Waals surface area contributed by atoms with Crippen molar-refractivity contribution < 1.29 is 42.9 Å². The second kappa shape index (κ2) is 28.9. The van der Waals surface area contributed by atoms with E-state index in [0.29, 0.717) is 71.5 Å². The van der Waals surface area contributed by atoms with Crippen LogP contribution in [0.4, 0.5) is 10.8 Å². The van der Waals surface area contributed by atoms with Crippen LogP contribution in [0, 0.1) is 11.3 Å². The molecule has 1 saturated carbocycles. The molecule has 0 atom stereocenters. The molecule has 17 heteroatoms. The van der Waals surface area contributed by atoms with E-state index in [2.05, 4.69) is 52.0 Å². The van der Waals surface area contributed by atoms with Crippen molar-refractivity contribution >= 4 is 78.4 Å². The second-order valence-electron chi connectivity index (χ2n) is 20.3. The van der Waals surface area contributed by atoms with Gasteiger partial charge in [0.15, 0.2) is 0 Å². The molecule has 2 fully saturated rings. The van der Waals surface area contributed by atoms with Crippen LogP contribution < -0.4 is 29.9 Å². The Labute approximate surface area is 459 Å². The van der Waals surface area contributed by atoms with E-state index >= 15 is 0 Å². The number of aromatic nitrogens is 2. The van der Waals surface area contributed by atoms with Crippen molar-refractivity contribution in [3.63, 3.8) is 0 Å². The molecule has 3 heterocycles. The lowest BCUT2D eigenvalue weighted by Gasteiger charge is -2.37. The van der Waals surface area contributed by atoms with Crippen molar-refractivity contribution in [2.45, 2.75) is 130 Å². The highest BCUT2D eigenvalue weighted by atomic mass is 79.9. The minimum absolute atomic E-state index is 0.0407. The molecule has 2 N–H and O–H groups in total. The zero-order valence-corrected chi connectivity index (χ0v) is 46.9. The summed E-state index contributed by atoms with van der Waals surface area (Å²) >= 11 is 5.07. The molecular formula is C59H73BrN6O9S. The summed E-state index contributed by atoms with van der Waals surface area (Å²) in [5, 5.41) is 14.2. The summed E-state index contributed by atoms with van der Waals surface area (Å²) in [5.74, 6) is -0.274. The molecule has 15 nitrogen and oxygen atoms in total. The van der Waals surface area contributed by atoms with Crippen molar-refractivity contribution in [3.05, 3.63) is 101 Å². The van der Waals surface area contributed by atoms with Crippen molar-refractivity contribution in [1.29, 1.82) is 0 Å². The van der Waals surface area contributed by atoms with E-state index in [4.69, 9.17) is 33.8 Å². The first-order chi connectivity index (χ1) is 36.8. The number of anilines is 2. The fourth-order valence-corrected chi connectivity index (χ4v) is 10.4. The molecule has 1 saturated heterocycles. The van der Waals surface area contributed by atoms with Crippen LogP contribution in [-0.4, -0.2) is 86.1 Å². The number of nitrogens with zero attached hydrogens (tertiary/aromatic N) is 4. The topological polar surface area (TPSA) is 180 Å². The van der Waals surface area contributed by atoms with E-state index in [9.17, 15) is 19.2 Å². The van der Waals surface area contributed by atoms with Gasteiger partial charge >= 0.3 is 11.9 Å². The van der Waals surface area contributed by atoms with Crippen LogP contribution in [0.2, 0.25) is 0 Å². The Balaban J connectivity index is 1.04. The standard InChI is InChI=1S/C59H73BrN6O9S/c1-6-7-8-9-10-11-12-15-32-66(58-64-50-29-31-53(71-5)65-55(50)76-58)61-36-45-34-43(44-23-30-51(48(60)35-44)75-57(70)42-20-26-47(27-21-42)74-56(69)40(2)3)22-28-49(45)63-54(68)41-18-24-46(25-19-41)62-52(67)17-14-13-16-33-72-37-59(4)38-73-39-59/h20-23,26-31,34-36,41,46H,2,6-19,24-25,32-33,37-39H2,1,3-5H3,(H,62,67)(H,63,68)/b61-36+. The second-order valence-corrected chi connectivity index (χ2v) is 22.1. The van der Waals surface area contributed by atoms with E-state index in [-0.39, 0.29) is 46.1 Å². The van der Waals surface area contributed by atoms with Crippen molar-refractivity contribution in [2.75, 3.05) is 50.4 Å². The molecule has 5 aromatic rings. The average molecular weight is 1120 g/mol. The number of hydrogen-bond acceptors (Lipinski definition) is 14. The predicted octanol–water partition coefficient (Wildman–Crippen LogP) is 13.0. The molecule has 0 bridgehead atoms. The first-order valence-electron chi connectivity index (χ1n) is 26.8. The van der Waals surface area contributed by atoms with Crippen LogP contribution >= 0.6 is 27.3 Å². The Morgan fingerprint density at radius 1 is 0.868 bits per heavy atom. The summed E-state index contributed by atoms with van der Waals surface area (Å²) in [6, 6.07) is 21.1. The molecule has 406 valence electrons. The van der Waals surface area contributed by atoms with Gasteiger partial charge in [-0.15, -0.1) is 0 Å². The highest BCUT2D eigenvalue weighted by Gasteiger charge is 2.33. The van der Waals surface area contributed by atoms with Gasteiger partial charge in [-0.3, -0.25) is 9.59 Å². The summed E-state index contributed by atoms with van der Waals surface area (Å²) in [6.07, 6.45) is 17.0. The van der Waals surface area contributed by atoms with E-state index in [1.54, 1.807) is 32.4 Å². The Bertz CT molecular complexity index is 2790. The number of hydrogen-bond donors (Lipinski definition) is 2. The normalized spacial score (nSPS) is 16.0. The van der Waals surface area contributed by atoms with Gasteiger partial charge in [-0.25, -0.2) is 24.6 Å². The van der Waals surface area contributed by atoms with Gasteiger partial charge in [0.1, 0.15) is 21.8 Å². The molecule has 2 aliphatic rings. The maximum absolute atomic E-state index is 14.1. The molecule has 1 aliphatic heterocycles. The minimum Gasteiger partial charge on any atom is -0.481 e. The van der Waals surface area contributed by atoms with Crippen LogP contribution in [0.15, 0.2) is 94.5 Å². The number of unbranched alkanes of at least 4 members (excludes halogenated alkanes) is 9. The van der Waals surface area contributed by atoms with E-state index < -0.39 is 11.9 Å². The Morgan fingerprint density at radius 3 is 2.28 bits per heavy atom. The lowest BCUT2D eigenvalue weighted by molar-refractivity contribution is -0.138. The fraction of sp³-hybridized carbons (Fsp3) is 0.475. The van der Waals surface area contributed by atoms with E-state index in [0.717, 1.165) is 86.1 Å². The molecule has 76 heavy (non-hydrogen) atoms. The number of esters is 2. The lowest BCUT2D eigenvalue weighted by Crippen LogP contribution is -2.43. The molecule has 2 amide bonds. The predicted molar refractivity (Wildman–Crippen MR) is 304 cm³/mol. The van der Waals surface area contributed by atoms with Gasteiger partial charge in [-0.1, -0.05) is 95.3 Å². The highest BCUT2D eigenvalue weighted by Crippen LogP contribution is 2.35. The highest BCUT2D eigenvalue weighted by molar-refractivity contribution is 9.10. The SMILES string of the molecule is C=C(C)C(=O)Oc1ccc(C(=O)Oc2ccc(-c3ccc(NC(=O)C4CCC(NC(=O)CCCCCOCC5(C)COC5)CC4)c(/C=N/N(CCCCCCCCCC)c4nc5ccc(OC)nc5s4)c3)cc2Br)cc1. The number of methoxy groups -OCH3 is 1. The Hall–Kier alpha value is -6.01. The number of nitrogens with one attached hydrogen (secondary N) is 2. The van der Waals surface area contributed by atoms with Gasteiger partial charge in [0.05, 0.1) is 43.2 Å². The van der Waals surface area contributed by atoms with Crippen molar-refractivity contribution in [1.82, 2.24) is 15.3 Å². The van der Waals surface area contributed by atoms with Crippen LogP contribution in [-0.2, 0) is 23.9 Å². The third kappa shape index (κ3) is 17.3. The van der Waals surface area contributed by atoms with Gasteiger partial charge in [0.25, 0.3) is 0 Å². The third-order valence-electron chi connectivity index (χ3n) is 13.6. The number of ether oxygens (including phenoxy) is 5. The first-order valence-corrected chi connectivity index (χ1v) is 28.4. The Morgan fingerprint density at radius 2 is 1.58 bits per heavy atom. The van der Waals surface area contributed by atoms with Gasteiger partial charge in [0.2, 0.25) is 22.8 Å². The number of rotatable bonds is 29. The molecule has 0 radical (unpaired) electrons. The number of fused-ring (bicyclic) bond motifs is 1. The first kappa shape index (κ1) is 57.7. The van der Waals surface area contributed by atoms with Gasteiger partial charge in [-0.2, -0.15) is 5.10 Å². The van der Waals surface area contributed by atoms with E-state index in [1.165, 1.54) is 67.7 Å². The summed E-state index contributed by atoms with van der Waals surface area (Å²) in [6.45, 7) is 13.1. The maximum atomic E-state index is 14.1. The minimum atomic E-state index is -0.587. The molecule has 2 aromatic heterocycles. The van der Waals surface area contributed by atoms with Crippen molar-refractivity contribution in [2.24, 2.45) is 16.4 Å². The number of benzene rings is 3. The van der Waals surface area contributed by atoms with Crippen LogP contribution in [0.3, 0.4) is 0 Å². The number of amides is 2. The van der Waals surface area contributed by atoms with Gasteiger partial charge in [0, 0.05) is 59.8 Å². The molecule has 0 unspecified atom stereocenters. The van der Waals surface area contributed by atoms with Crippen molar-refractivity contribution in [3.8, 4) is 28.5 Å². The van der Waals surface area contributed by atoms with E-state index in [1.807, 2.05) is 41.4 Å². The summed E-state index contributed by atoms with van der Waals surface area (Å²) < 4.78 is 28.1. The zero-order chi connectivity index (χ0) is 53.9. The lowest BCUT2D eigenvalue weighted by atomic mass is 9.85. The number of carbonyl (C=O) groups is 4. The Kier molecular flexibility index (Phi) is 22.0. The maximum Gasteiger partial charge on any atom is 0.343 e. The number of thiazole rings is 1. The zero-order valence-electron chi connectivity index (χ0n) is 44.5. The smallest absolute Gasteiger partial charge is 0.343 e. The monoisotopic (exact) mass is 1120 g/mol. The largest absolute Gasteiger partial charge is 0.481 e. The van der Waals surface area contributed by atoms with Crippen LogP contribution in [0.5, 0.6) is 17.4 Å². The summed E-state index contributed by atoms with van der Waals surface area (Å²) in [5.41, 5.74) is 4.39. The molecular weight excluding hydrogens is 1050 g/mol. The summed E-state index contributed by atoms with van der Waals surface area (Å²) in [7, 11) is 1.60. The number of pyridine rings is 1. The summed E-state index contributed by atoms with van der Waals surface area (Å²) in [4.78, 5) is 62.5. The fourth-order valence-electron chi connectivity index (χ4n) is 9.03. The van der Waals surface area contributed by atoms with Gasteiger partial charge in [-0.05, 0) is 134 Å². The molecule has 7 rings (SSSR count). The quantitative estimate of drug-likeness (QED) is 0.0116. The molecule has 0 spiro atoms. The number of halogens is 1. The third-order valence-corrected chi connectivity index (χ3v) is 15.2.